The van der Waals surface area contributed by atoms with Crippen molar-refractivity contribution in [3.63, 3.8) is 0 Å². The van der Waals surface area contributed by atoms with E-state index in [1.165, 1.54) is 37.1 Å². The molecule has 0 bridgehead atoms. The maximum atomic E-state index is 11.2. The van der Waals surface area contributed by atoms with Gasteiger partial charge in [-0.3, -0.25) is 4.79 Å². The van der Waals surface area contributed by atoms with Crippen LogP contribution in [0.5, 0.6) is 0 Å². The van der Waals surface area contributed by atoms with E-state index < -0.39 is 0 Å². The average molecular weight is 312 g/mol. The third-order valence-electron chi connectivity index (χ3n) is 4.58. The Morgan fingerprint density at radius 2 is 1.83 bits per heavy atom. The maximum Gasteiger partial charge on any atom is 0.172 e. The van der Waals surface area contributed by atoms with Crippen LogP contribution in [0.25, 0.3) is 0 Å². The van der Waals surface area contributed by atoms with Gasteiger partial charge in [0.15, 0.2) is 6.29 Å². The number of hydrogen-bond donors (Lipinski definition) is 0. The smallest absolute Gasteiger partial charge is 0.172 e. The molecular weight excluding hydrogens is 288 g/mol. The molecule has 0 radical (unpaired) electrons. The van der Waals surface area contributed by atoms with Gasteiger partial charge in [0, 0.05) is 6.54 Å². The highest BCUT2D eigenvalue weighted by Gasteiger charge is 2.15. The first-order chi connectivity index (χ1) is 11.3. The van der Waals surface area contributed by atoms with E-state index in [9.17, 15) is 4.79 Å². The second-order valence-corrected chi connectivity index (χ2v) is 6.30. The van der Waals surface area contributed by atoms with Gasteiger partial charge in [0.25, 0.3) is 0 Å². The van der Waals surface area contributed by atoms with Crippen LogP contribution in [0.4, 0.5) is 0 Å². The van der Waals surface area contributed by atoms with Crippen LogP contribution in [0.1, 0.15) is 40.2 Å². The number of rotatable bonds is 7. The number of benzene rings is 1. The van der Waals surface area contributed by atoms with Gasteiger partial charge in [0.1, 0.15) is 5.69 Å². The standard InChI is InChI=1S/C18H24N4O/c1-15-4-6-16(7-5-15)8-9-18-17(14-23)19-20-22(18)13-12-21-10-2-3-11-21/h4-7,14H,2-3,8-13H2,1H3. The molecule has 1 saturated heterocycles. The van der Waals surface area contributed by atoms with Crippen molar-refractivity contribution in [3.05, 3.63) is 46.8 Å². The molecule has 5 nitrogen and oxygen atoms in total. The summed E-state index contributed by atoms with van der Waals surface area (Å²) in [5.41, 5.74) is 3.98. The van der Waals surface area contributed by atoms with Gasteiger partial charge < -0.3 is 4.90 Å². The Kier molecular flexibility index (Phi) is 5.18. The van der Waals surface area contributed by atoms with E-state index in [2.05, 4.69) is 46.4 Å². The van der Waals surface area contributed by atoms with Crippen LogP contribution in [0.3, 0.4) is 0 Å². The van der Waals surface area contributed by atoms with Crippen LogP contribution in [0.2, 0.25) is 0 Å². The number of aromatic nitrogens is 3. The topological polar surface area (TPSA) is 51.0 Å². The molecule has 0 spiro atoms. The van der Waals surface area contributed by atoms with Gasteiger partial charge in [-0.25, -0.2) is 4.68 Å². The molecule has 122 valence electrons. The van der Waals surface area contributed by atoms with Crippen molar-refractivity contribution in [1.29, 1.82) is 0 Å². The van der Waals surface area contributed by atoms with E-state index in [0.29, 0.717) is 5.69 Å². The lowest BCUT2D eigenvalue weighted by Gasteiger charge is -2.15. The van der Waals surface area contributed by atoms with Crippen LogP contribution >= 0.6 is 0 Å². The molecule has 2 aromatic rings. The molecule has 0 unspecified atom stereocenters. The minimum atomic E-state index is 0.485. The summed E-state index contributed by atoms with van der Waals surface area (Å²) in [6.07, 6.45) is 5.10. The van der Waals surface area contributed by atoms with Gasteiger partial charge in [0.2, 0.25) is 0 Å². The average Bonchev–Trinajstić information content (AvgIpc) is 3.21. The second-order valence-electron chi connectivity index (χ2n) is 6.30. The molecule has 2 heterocycles. The number of hydrogen-bond acceptors (Lipinski definition) is 4. The molecule has 1 aliphatic rings. The van der Waals surface area contributed by atoms with E-state index in [1.54, 1.807) is 0 Å². The first-order valence-electron chi connectivity index (χ1n) is 8.41. The lowest BCUT2D eigenvalue weighted by Crippen LogP contribution is -2.25. The number of carbonyl (C=O) groups is 1. The fourth-order valence-electron chi connectivity index (χ4n) is 3.13. The van der Waals surface area contributed by atoms with E-state index >= 15 is 0 Å². The first-order valence-corrected chi connectivity index (χ1v) is 8.41. The highest BCUT2D eigenvalue weighted by atomic mass is 16.1. The molecule has 0 atom stereocenters. The lowest BCUT2D eigenvalue weighted by molar-refractivity contribution is 0.111. The predicted molar refractivity (Wildman–Crippen MR) is 89.7 cm³/mol. The minimum Gasteiger partial charge on any atom is -0.301 e. The normalized spacial score (nSPS) is 15.2. The van der Waals surface area contributed by atoms with Crippen molar-refractivity contribution in [2.75, 3.05) is 19.6 Å². The fourth-order valence-corrected chi connectivity index (χ4v) is 3.13. The summed E-state index contributed by atoms with van der Waals surface area (Å²) in [6.45, 7) is 6.23. The summed E-state index contributed by atoms with van der Waals surface area (Å²) >= 11 is 0. The summed E-state index contributed by atoms with van der Waals surface area (Å²) in [5, 5.41) is 8.22. The van der Waals surface area contributed by atoms with E-state index in [4.69, 9.17) is 0 Å². The van der Waals surface area contributed by atoms with Crippen molar-refractivity contribution >= 4 is 6.29 Å². The van der Waals surface area contributed by atoms with Gasteiger partial charge in [-0.15, -0.1) is 5.10 Å². The van der Waals surface area contributed by atoms with Gasteiger partial charge in [-0.05, 0) is 51.3 Å². The molecule has 0 aliphatic carbocycles. The highest BCUT2D eigenvalue weighted by molar-refractivity contribution is 5.73. The van der Waals surface area contributed by atoms with Crippen molar-refractivity contribution in [1.82, 2.24) is 19.9 Å². The number of aldehydes is 1. The van der Waals surface area contributed by atoms with Crippen LogP contribution in [-0.4, -0.2) is 45.8 Å². The predicted octanol–water partition coefficient (Wildman–Crippen LogP) is 2.28. The third-order valence-corrected chi connectivity index (χ3v) is 4.58. The van der Waals surface area contributed by atoms with E-state index in [-0.39, 0.29) is 0 Å². The monoisotopic (exact) mass is 312 g/mol. The van der Waals surface area contributed by atoms with Gasteiger partial charge in [-0.1, -0.05) is 35.0 Å². The van der Waals surface area contributed by atoms with Crippen molar-refractivity contribution in [2.45, 2.75) is 39.2 Å². The highest BCUT2D eigenvalue weighted by Crippen LogP contribution is 2.12. The quantitative estimate of drug-likeness (QED) is 0.736. The Hall–Kier alpha value is -2.01. The SMILES string of the molecule is Cc1ccc(CCc2c(C=O)nnn2CCN2CCCC2)cc1. The number of aryl methyl sites for hydroxylation is 2. The first kappa shape index (κ1) is 15.9. The Labute approximate surface area is 137 Å². The fraction of sp³-hybridized carbons (Fsp3) is 0.500. The molecule has 1 aromatic heterocycles. The summed E-state index contributed by atoms with van der Waals surface area (Å²) in [6, 6.07) is 8.54. The number of nitrogens with zero attached hydrogens (tertiary/aromatic N) is 4. The molecular formula is C18H24N4O. The van der Waals surface area contributed by atoms with Crippen LogP contribution in [-0.2, 0) is 19.4 Å². The van der Waals surface area contributed by atoms with E-state index in [1.807, 2.05) is 4.68 Å². The van der Waals surface area contributed by atoms with Crippen LogP contribution in [0.15, 0.2) is 24.3 Å². The molecule has 0 N–H and O–H groups in total. The molecule has 0 amide bonds. The third kappa shape index (κ3) is 4.05. The lowest BCUT2D eigenvalue weighted by atomic mass is 10.1. The van der Waals surface area contributed by atoms with Crippen molar-refractivity contribution in [2.24, 2.45) is 0 Å². The van der Waals surface area contributed by atoms with E-state index in [0.717, 1.165) is 37.9 Å². The van der Waals surface area contributed by atoms with Crippen molar-refractivity contribution < 1.29 is 4.79 Å². The van der Waals surface area contributed by atoms with Crippen molar-refractivity contribution in [3.8, 4) is 0 Å². The van der Waals surface area contributed by atoms with Crippen LogP contribution in [0, 0.1) is 6.92 Å². The zero-order valence-corrected chi connectivity index (χ0v) is 13.7. The Morgan fingerprint density at radius 1 is 1.09 bits per heavy atom. The summed E-state index contributed by atoms with van der Waals surface area (Å²) < 4.78 is 1.91. The molecule has 0 saturated carbocycles. The molecule has 5 heteroatoms. The summed E-state index contributed by atoms with van der Waals surface area (Å²) in [5.74, 6) is 0. The zero-order chi connectivity index (χ0) is 16.1. The number of likely N-dealkylation sites (tertiary alicyclic amines) is 1. The zero-order valence-electron chi connectivity index (χ0n) is 13.7. The Balaban J connectivity index is 1.65. The van der Waals surface area contributed by atoms with Gasteiger partial charge >= 0.3 is 0 Å². The minimum absolute atomic E-state index is 0.485. The molecule has 3 rings (SSSR count). The summed E-state index contributed by atoms with van der Waals surface area (Å²) in [7, 11) is 0. The Bertz CT molecular complexity index is 642. The van der Waals surface area contributed by atoms with Gasteiger partial charge in [0.05, 0.1) is 12.2 Å². The molecule has 1 aliphatic heterocycles. The number of carbonyl (C=O) groups excluding carboxylic acids is 1. The van der Waals surface area contributed by atoms with Gasteiger partial charge in [-0.2, -0.15) is 0 Å². The molecule has 1 aromatic carbocycles. The molecule has 1 fully saturated rings. The molecule has 23 heavy (non-hydrogen) atoms. The Morgan fingerprint density at radius 3 is 2.52 bits per heavy atom. The maximum absolute atomic E-state index is 11.2. The second kappa shape index (κ2) is 7.51. The largest absolute Gasteiger partial charge is 0.301 e. The summed E-state index contributed by atoms with van der Waals surface area (Å²) in [4.78, 5) is 13.7. The van der Waals surface area contributed by atoms with Crippen LogP contribution < -0.4 is 0 Å².